The molecule has 116 valence electrons. The molecular formula is C18H28N2O. The van der Waals surface area contributed by atoms with Crippen molar-refractivity contribution in [2.75, 3.05) is 6.54 Å². The molecule has 1 aliphatic carbocycles. The first-order valence-electron chi connectivity index (χ1n) is 8.24. The fraction of sp³-hybridized carbons (Fsp3) is 0.611. The predicted octanol–water partition coefficient (Wildman–Crippen LogP) is 3.13. The summed E-state index contributed by atoms with van der Waals surface area (Å²) in [6.45, 7) is 8.00. The van der Waals surface area contributed by atoms with Crippen LogP contribution in [-0.4, -0.2) is 29.4 Å². The number of hydrogen-bond acceptors (Lipinski definition) is 2. The molecule has 2 rings (SSSR count). The Bertz CT molecular complexity index is 451. The van der Waals surface area contributed by atoms with Gasteiger partial charge in [-0.3, -0.25) is 4.79 Å². The molecule has 1 aromatic carbocycles. The minimum atomic E-state index is 0.256. The van der Waals surface area contributed by atoms with Crippen molar-refractivity contribution >= 4 is 5.91 Å². The van der Waals surface area contributed by atoms with Crippen molar-refractivity contribution in [1.29, 1.82) is 0 Å². The SMILES string of the molecule is CCNC(C)CC(=O)N(Cc1ccc(CC)cc1)C1CC1. The Morgan fingerprint density at radius 1 is 1.24 bits per heavy atom. The van der Waals surface area contributed by atoms with E-state index in [-0.39, 0.29) is 11.9 Å². The highest BCUT2D eigenvalue weighted by molar-refractivity contribution is 5.77. The summed E-state index contributed by atoms with van der Waals surface area (Å²) in [6, 6.07) is 9.39. The van der Waals surface area contributed by atoms with Gasteiger partial charge in [-0.05, 0) is 43.9 Å². The van der Waals surface area contributed by atoms with Crippen molar-refractivity contribution in [2.45, 2.75) is 65.1 Å². The lowest BCUT2D eigenvalue weighted by Crippen LogP contribution is -2.37. The number of hydrogen-bond donors (Lipinski definition) is 1. The lowest BCUT2D eigenvalue weighted by Gasteiger charge is -2.24. The Hall–Kier alpha value is -1.35. The molecule has 1 aliphatic rings. The van der Waals surface area contributed by atoms with Gasteiger partial charge in [0.15, 0.2) is 0 Å². The molecule has 0 bridgehead atoms. The van der Waals surface area contributed by atoms with Gasteiger partial charge >= 0.3 is 0 Å². The largest absolute Gasteiger partial charge is 0.335 e. The van der Waals surface area contributed by atoms with Crippen LogP contribution in [0.1, 0.15) is 51.2 Å². The molecule has 0 saturated heterocycles. The molecule has 0 heterocycles. The monoisotopic (exact) mass is 288 g/mol. The van der Waals surface area contributed by atoms with Crippen molar-refractivity contribution in [3.8, 4) is 0 Å². The summed E-state index contributed by atoms with van der Waals surface area (Å²) in [6.07, 6.45) is 3.98. The van der Waals surface area contributed by atoms with E-state index in [1.165, 1.54) is 11.1 Å². The van der Waals surface area contributed by atoms with Crippen LogP contribution in [0.5, 0.6) is 0 Å². The normalized spacial score (nSPS) is 15.8. The first-order valence-corrected chi connectivity index (χ1v) is 8.24. The second-order valence-electron chi connectivity index (χ2n) is 6.09. The average Bonchev–Trinajstić information content (AvgIpc) is 3.30. The summed E-state index contributed by atoms with van der Waals surface area (Å²) in [5.41, 5.74) is 2.59. The standard InChI is InChI=1S/C18H28N2O/c1-4-15-6-8-16(9-7-15)13-20(17-10-11-17)18(21)12-14(3)19-5-2/h6-9,14,17,19H,4-5,10-13H2,1-3H3. The van der Waals surface area contributed by atoms with Crippen molar-refractivity contribution < 1.29 is 4.79 Å². The van der Waals surface area contributed by atoms with Crippen LogP contribution in [0.4, 0.5) is 0 Å². The number of carbonyl (C=O) groups is 1. The van der Waals surface area contributed by atoms with E-state index in [0.29, 0.717) is 12.5 Å². The Morgan fingerprint density at radius 2 is 1.86 bits per heavy atom. The van der Waals surface area contributed by atoms with Gasteiger partial charge in [0.1, 0.15) is 0 Å². The quantitative estimate of drug-likeness (QED) is 0.797. The summed E-state index contributed by atoms with van der Waals surface area (Å²) in [5.74, 6) is 0.283. The number of aryl methyl sites for hydroxylation is 1. The van der Waals surface area contributed by atoms with Crippen molar-refractivity contribution in [3.63, 3.8) is 0 Å². The second-order valence-corrected chi connectivity index (χ2v) is 6.09. The zero-order valence-corrected chi connectivity index (χ0v) is 13.6. The first kappa shape index (κ1) is 16.0. The third kappa shape index (κ3) is 4.85. The van der Waals surface area contributed by atoms with E-state index in [0.717, 1.165) is 32.4 Å². The maximum atomic E-state index is 12.5. The van der Waals surface area contributed by atoms with Gasteiger partial charge in [0.25, 0.3) is 0 Å². The zero-order chi connectivity index (χ0) is 15.2. The van der Waals surface area contributed by atoms with Crippen molar-refractivity contribution in [2.24, 2.45) is 0 Å². The van der Waals surface area contributed by atoms with Gasteiger partial charge in [0.05, 0.1) is 0 Å². The smallest absolute Gasteiger partial charge is 0.224 e. The highest BCUT2D eigenvalue weighted by Crippen LogP contribution is 2.29. The van der Waals surface area contributed by atoms with Crippen LogP contribution in [0.25, 0.3) is 0 Å². The molecule has 3 heteroatoms. The number of benzene rings is 1. The molecule has 1 unspecified atom stereocenters. The van der Waals surface area contributed by atoms with Crippen molar-refractivity contribution in [3.05, 3.63) is 35.4 Å². The minimum absolute atomic E-state index is 0.256. The van der Waals surface area contributed by atoms with E-state index < -0.39 is 0 Å². The third-order valence-electron chi connectivity index (χ3n) is 4.13. The summed E-state index contributed by atoms with van der Waals surface area (Å²) >= 11 is 0. The van der Waals surface area contributed by atoms with Crippen LogP contribution in [0, 0.1) is 0 Å². The summed E-state index contributed by atoms with van der Waals surface area (Å²) in [4.78, 5) is 14.6. The lowest BCUT2D eigenvalue weighted by atomic mass is 10.1. The molecule has 1 atom stereocenters. The van der Waals surface area contributed by atoms with E-state index in [4.69, 9.17) is 0 Å². The highest BCUT2D eigenvalue weighted by atomic mass is 16.2. The zero-order valence-electron chi connectivity index (χ0n) is 13.6. The van der Waals surface area contributed by atoms with Gasteiger partial charge in [-0.25, -0.2) is 0 Å². The molecule has 21 heavy (non-hydrogen) atoms. The Kier molecular flexibility index (Phi) is 5.80. The van der Waals surface area contributed by atoms with Gasteiger partial charge in [0, 0.05) is 25.0 Å². The van der Waals surface area contributed by atoms with Crippen LogP contribution in [0.15, 0.2) is 24.3 Å². The summed E-state index contributed by atoms with van der Waals surface area (Å²) in [7, 11) is 0. The molecule has 0 aliphatic heterocycles. The molecule has 1 fully saturated rings. The molecular weight excluding hydrogens is 260 g/mol. The molecule has 0 radical (unpaired) electrons. The number of amides is 1. The number of carbonyl (C=O) groups excluding carboxylic acids is 1. The predicted molar refractivity (Wildman–Crippen MR) is 87.1 cm³/mol. The Balaban J connectivity index is 1.96. The van der Waals surface area contributed by atoms with Gasteiger partial charge in [-0.2, -0.15) is 0 Å². The Morgan fingerprint density at radius 3 is 2.38 bits per heavy atom. The van der Waals surface area contributed by atoms with E-state index in [2.05, 4.69) is 55.3 Å². The van der Waals surface area contributed by atoms with Gasteiger partial charge in [0.2, 0.25) is 5.91 Å². The number of rotatable bonds is 8. The fourth-order valence-electron chi connectivity index (χ4n) is 2.68. The second kappa shape index (κ2) is 7.60. The van der Waals surface area contributed by atoms with Crippen LogP contribution in [0.3, 0.4) is 0 Å². The summed E-state index contributed by atoms with van der Waals surface area (Å²) in [5, 5.41) is 3.32. The Labute approximate surface area is 128 Å². The van der Waals surface area contributed by atoms with E-state index in [1.54, 1.807) is 0 Å². The van der Waals surface area contributed by atoms with Gasteiger partial charge in [-0.15, -0.1) is 0 Å². The average molecular weight is 288 g/mol. The first-order chi connectivity index (χ1) is 10.1. The fourth-order valence-corrected chi connectivity index (χ4v) is 2.68. The van der Waals surface area contributed by atoms with Crippen molar-refractivity contribution in [1.82, 2.24) is 10.2 Å². The van der Waals surface area contributed by atoms with E-state index >= 15 is 0 Å². The topological polar surface area (TPSA) is 32.3 Å². The van der Waals surface area contributed by atoms with Gasteiger partial charge in [-0.1, -0.05) is 38.1 Å². The molecule has 1 aromatic rings. The summed E-state index contributed by atoms with van der Waals surface area (Å²) < 4.78 is 0. The molecule has 1 saturated carbocycles. The molecule has 1 N–H and O–H groups in total. The van der Waals surface area contributed by atoms with Crippen LogP contribution in [-0.2, 0) is 17.8 Å². The molecule has 0 aromatic heterocycles. The third-order valence-corrected chi connectivity index (χ3v) is 4.13. The maximum Gasteiger partial charge on any atom is 0.224 e. The maximum absolute atomic E-state index is 12.5. The van der Waals surface area contributed by atoms with Crippen LogP contribution < -0.4 is 5.32 Å². The van der Waals surface area contributed by atoms with E-state index in [9.17, 15) is 4.79 Å². The molecule has 1 amide bonds. The number of nitrogens with zero attached hydrogens (tertiary/aromatic N) is 1. The van der Waals surface area contributed by atoms with Gasteiger partial charge < -0.3 is 10.2 Å². The minimum Gasteiger partial charge on any atom is -0.335 e. The number of nitrogens with one attached hydrogen (secondary N) is 1. The molecule has 0 spiro atoms. The molecule has 3 nitrogen and oxygen atoms in total. The van der Waals surface area contributed by atoms with Crippen LogP contribution in [0.2, 0.25) is 0 Å². The van der Waals surface area contributed by atoms with E-state index in [1.807, 2.05) is 0 Å². The lowest BCUT2D eigenvalue weighted by molar-refractivity contribution is -0.132. The van der Waals surface area contributed by atoms with Crippen LogP contribution >= 0.6 is 0 Å². The highest BCUT2D eigenvalue weighted by Gasteiger charge is 2.32.